The van der Waals surface area contributed by atoms with E-state index in [0.717, 1.165) is 56.2 Å². The third kappa shape index (κ3) is 4.60. The molecule has 2 aromatic heterocycles. The van der Waals surface area contributed by atoms with Crippen LogP contribution in [0.1, 0.15) is 70.5 Å². The molecule has 1 fully saturated rings. The number of allylic oxidation sites excluding steroid dienone is 1. The van der Waals surface area contributed by atoms with Crippen LogP contribution in [-0.2, 0) is 4.79 Å². The Balaban J connectivity index is 1.29. The molecule has 7 heteroatoms. The molecule has 2 aliphatic rings. The van der Waals surface area contributed by atoms with Crippen molar-refractivity contribution in [1.82, 2.24) is 25.1 Å². The van der Waals surface area contributed by atoms with E-state index in [1.165, 1.54) is 31.3 Å². The average molecular weight is 397 g/mol. The first-order valence-corrected chi connectivity index (χ1v) is 11.0. The second-order valence-corrected chi connectivity index (χ2v) is 8.58. The largest absolute Gasteiger partial charge is 0.356 e. The van der Waals surface area contributed by atoms with Crippen LogP contribution in [0.5, 0.6) is 0 Å². The van der Waals surface area contributed by atoms with Crippen molar-refractivity contribution in [2.45, 2.75) is 64.7 Å². The first-order chi connectivity index (χ1) is 14.1. The Kier molecular flexibility index (Phi) is 6.11. The SMILES string of the molecule is CC(C)c1nnc2ccc(N3CCC(C(=O)NCCC4=CCCCC4)CC3)nn12. The summed E-state index contributed by atoms with van der Waals surface area (Å²) in [5, 5.41) is 16.4. The Hall–Kier alpha value is -2.44. The van der Waals surface area contributed by atoms with E-state index in [2.05, 4.69) is 40.3 Å². The molecule has 0 spiro atoms. The van der Waals surface area contributed by atoms with Crippen molar-refractivity contribution in [1.29, 1.82) is 0 Å². The lowest BCUT2D eigenvalue weighted by atomic mass is 9.95. The normalized spacial score (nSPS) is 18.3. The van der Waals surface area contributed by atoms with Crippen LogP contribution in [0.15, 0.2) is 23.8 Å². The fourth-order valence-corrected chi connectivity index (χ4v) is 4.32. The first kappa shape index (κ1) is 19.9. The second kappa shape index (κ2) is 8.93. The zero-order chi connectivity index (χ0) is 20.2. The van der Waals surface area contributed by atoms with Gasteiger partial charge in [-0.1, -0.05) is 25.5 Å². The van der Waals surface area contributed by atoms with E-state index in [1.807, 2.05) is 16.6 Å². The Morgan fingerprint density at radius 2 is 2.03 bits per heavy atom. The minimum atomic E-state index is 0.108. The van der Waals surface area contributed by atoms with E-state index >= 15 is 0 Å². The number of fused-ring (bicyclic) bond motifs is 1. The standard InChI is InChI=1S/C22H32N6O/c1-16(2)21-25-24-19-8-9-20(26-28(19)21)27-14-11-18(12-15-27)22(29)23-13-10-17-6-4-3-5-7-17/h6,8-9,16,18H,3-5,7,10-15H2,1-2H3,(H,23,29). The zero-order valence-electron chi connectivity index (χ0n) is 17.6. The second-order valence-electron chi connectivity index (χ2n) is 8.58. The molecule has 4 rings (SSSR count). The van der Waals surface area contributed by atoms with Gasteiger partial charge in [0.15, 0.2) is 11.5 Å². The maximum Gasteiger partial charge on any atom is 0.223 e. The zero-order valence-corrected chi connectivity index (χ0v) is 17.6. The van der Waals surface area contributed by atoms with Crippen molar-refractivity contribution in [2.75, 3.05) is 24.5 Å². The average Bonchev–Trinajstić information content (AvgIpc) is 3.18. The fourth-order valence-electron chi connectivity index (χ4n) is 4.32. The third-order valence-electron chi connectivity index (χ3n) is 6.11. The van der Waals surface area contributed by atoms with Crippen molar-refractivity contribution in [3.8, 4) is 0 Å². The predicted molar refractivity (Wildman–Crippen MR) is 114 cm³/mol. The summed E-state index contributed by atoms with van der Waals surface area (Å²) in [5.74, 6) is 2.40. The van der Waals surface area contributed by atoms with Crippen molar-refractivity contribution in [2.24, 2.45) is 5.92 Å². The number of carbonyl (C=O) groups excluding carboxylic acids is 1. The lowest BCUT2D eigenvalue weighted by Gasteiger charge is -2.32. The number of anilines is 1. The maximum atomic E-state index is 12.6. The number of nitrogens with zero attached hydrogens (tertiary/aromatic N) is 5. The number of amides is 1. The van der Waals surface area contributed by atoms with Crippen LogP contribution >= 0.6 is 0 Å². The van der Waals surface area contributed by atoms with Crippen molar-refractivity contribution in [3.63, 3.8) is 0 Å². The molecule has 3 heterocycles. The van der Waals surface area contributed by atoms with Crippen LogP contribution in [0.4, 0.5) is 5.82 Å². The predicted octanol–water partition coefficient (Wildman–Crippen LogP) is 3.47. The fraction of sp³-hybridized carbons (Fsp3) is 0.636. The summed E-state index contributed by atoms with van der Waals surface area (Å²) in [6.07, 6.45) is 10.1. The van der Waals surface area contributed by atoms with Crippen LogP contribution in [-0.4, -0.2) is 45.4 Å². The van der Waals surface area contributed by atoms with Crippen LogP contribution in [0.2, 0.25) is 0 Å². The van der Waals surface area contributed by atoms with Gasteiger partial charge in [-0.3, -0.25) is 4.79 Å². The van der Waals surface area contributed by atoms with E-state index in [-0.39, 0.29) is 17.7 Å². The maximum absolute atomic E-state index is 12.6. The highest BCUT2D eigenvalue weighted by Gasteiger charge is 2.26. The molecule has 0 atom stereocenters. The minimum absolute atomic E-state index is 0.108. The molecule has 1 aliphatic heterocycles. The van der Waals surface area contributed by atoms with Gasteiger partial charge in [-0.2, -0.15) is 4.52 Å². The molecular formula is C22H32N6O. The van der Waals surface area contributed by atoms with Crippen LogP contribution in [0, 0.1) is 5.92 Å². The van der Waals surface area contributed by atoms with Crippen molar-refractivity contribution < 1.29 is 4.79 Å². The summed E-state index contributed by atoms with van der Waals surface area (Å²) in [6, 6.07) is 3.98. The van der Waals surface area contributed by atoms with Crippen LogP contribution in [0.3, 0.4) is 0 Å². The van der Waals surface area contributed by atoms with E-state index < -0.39 is 0 Å². The molecule has 0 aromatic carbocycles. The number of aromatic nitrogens is 4. The van der Waals surface area contributed by atoms with Gasteiger partial charge >= 0.3 is 0 Å². The van der Waals surface area contributed by atoms with E-state index in [4.69, 9.17) is 5.10 Å². The van der Waals surface area contributed by atoms with Crippen LogP contribution in [0.25, 0.3) is 5.65 Å². The number of piperidine rings is 1. The van der Waals surface area contributed by atoms with Crippen molar-refractivity contribution in [3.05, 3.63) is 29.6 Å². The van der Waals surface area contributed by atoms with Gasteiger partial charge < -0.3 is 10.2 Å². The molecule has 0 bridgehead atoms. The lowest BCUT2D eigenvalue weighted by molar-refractivity contribution is -0.125. The summed E-state index contributed by atoms with van der Waals surface area (Å²) in [5.41, 5.74) is 2.29. The van der Waals surface area contributed by atoms with Gasteiger partial charge in [-0.25, -0.2) is 0 Å². The van der Waals surface area contributed by atoms with E-state index in [9.17, 15) is 4.79 Å². The smallest absolute Gasteiger partial charge is 0.223 e. The monoisotopic (exact) mass is 396 g/mol. The van der Waals surface area contributed by atoms with Gasteiger partial charge in [0.05, 0.1) is 0 Å². The number of carbonyl (C=O) groups is 1. The van der Waals surface area contributed by atoms with Gasteiger partial charge in [-0.05, 0) is 57.1 Å². The van der Waals surface area contributed by atoms with Gasteiger partial charge in [-0.15, -0.1) is 15.3 Å². The van der Waals surface area contributed by atoms with Gasteiger partial charge in [0.2, 0.25) is 5.91 Å². The molecular weight excluding hydrogens is 364 g/mol. The van der Waals surface area contributed by atoms with Crippen molar-refractivity contribution >= 4 is 17.4 Å². The molecule has 0 saturated carbocycles. The number of nitrogens with one attached hydrogen (secondary N) is 1. The summed E-state index contributed by atoms with van der Waals surface area (Å²) >= 11 is 0. The first-order valence-electron chi connectivity index (χ1n) is 11.0. The molecule has 7 nitrogen and oxygen atoms in total. The molecule has 1 N–H and O–H groups in total. The Morgan fingerprint density at radius 1 is 1.21 bits per heavy atom. The number of hydrogen-bond acceptors (Lipinski definition) is 5. The quantitative estimate of drug-likeness (QED) is 0.757. The van der Waals surface area contributed by atoms with Crippen LogP contribution < -0.4 is 10.2 Å². The van der Waals surface area contributed by atoms with Gasteiger partial charge in [0.1, 0.15) is 5.82 Å². The summed E-state index contributed by atoms with van der Waals surface area (Å²) in [4.78, 5) is 14.8. The minimum Gasteiger partial charge on any atom is -0.356 e. The molecule has 156 valence electrons. The summed E-state index contributed by atoms with van der Waals surface area (Å²) < 4.78 is 1.85. The highest BCUT2D eigenvalue weighted by atomic mass is 16.1. The Labute approximate surface area is 172 Å². The molecule has 1 amide bonds. The summed E-state index contributed by atoms with van der Waals surface area (Å²) in [7, 11) is 0. The Morgan fingerprint density at radius 3 is 2.76 bits per heavy atom. The van der Waals surface area contributed by atoms with Gasteiger partial charge in [0.25, 0.3) is 0 Å². The number of hydrogen-bond donors (Lipinski definition) is 1. The number of rotatable bonds is 6. The molecule has 1 saturated heterocycles. The third-order valence-corrected chi connectivity index (χ3v) is 6.11. The van der Waals surface area contributed by atoms with E-state index in [1.54, 1.807) is 0 Å². The Bertz CT molecular complexity index is 879. The molecule has 0 unspecified atom stereocenters. The summed E-state index contributed by atoms with van der Waals surface area (Å²) in [6.45, 7) is 6.66. The molecule has 1 aliphatic carbocycles. The molecule has 2 aromatic rings. The highest BCUT2D eigenvalue weighted by Crippen LogP contribution is 2.24. The van der Waals surface area contributed by atoms with E-state index in [0.29, 0.717) is 0 Å². The molecule has 0 radical (unpaired) electrons. The highest BCUT2D eigenvalue weighted by molar-refractivity contribution is 5.79. The lowest BCUT2D eigenvalue weighted by Crippen LogP contribution is -2.41. The molecule has 29 heavy (non-hydrogen) atoms. The van der Waals surface area contributed by atoms with Gasteiger partial charge in [0, 0.05) is 31.5 Å². The topological polar surface area (TPSA) is 75.4 Å².